The fourth-order valence-electron chi connectivity index (χ4n) is 1.88. The number of hydrogen-bond acceptors (Lipinski definition) is 4. The van der Waals surface area contributed by atoms with Gasteiger partial charge in [-0.05, 0) is 0 Å². The third-order valence-corrected chi connectivity index (χ3v) is 5.90. The van der Waals surface area contributed by atoms with E-state index in [-0.39, 0.29) is 23.5 Å². The van der Waals surface area contributed by atoms with Crippen LogP contribution in [0, 0.1) is 0 Å². The molecule has 1 fully saturated rings. The molecule has 0 aromatic carbocycles. The number of carboxylic acids is 1. The minimum absolute atomic E-state index is 0.00404. The van der Waals surface area contributed by atoms with Gasteiger partial charge in [0.2, 0.25) is 0 Å². The van der Waals surface area contributed by atoms with E-state index in [0.717, 1.165) is 4.31 Å². The molecule has 1 rings (SSSR count). The first-order valence-electron chi connectivity index (χ1n) is 5.82. The average Bonchev–Trinajstić information content (AvgIpc) is 2.24. The molecule has 0 aliphatic carbocycles. The van der Waals surface area contributed by atoms with Crippen LogP contribution in [0.25, 0.3) is 0 Å². The third-order valence-electron chi connectivity index (χ3n) is 2.75. The van der Waals surface area contributed by atoms with Crippen LogP contribution in [0.5, 0.6) is 0 Å². The number of aliphatic carboxylic acids is 1. The van der Waals surface area contributed by atoms with Crippen molar-refractivity contribution < 1.29 is 18.3 Å². The largest absolute Gasteiger partial charge is 0.481 e. The number of thioether (sulfide) groups is 1. The van der Waals surface area contributed by atoms with Gasteiger partial charge in [-0.2, -0.15) is 28.8 Å². The highest BCUT2D eigenvalue weighted by molar-refractivity contribution is 8.00. The summed E-state index contributed by atoms with van der Waals surface area (Å²) in [5, 5.41) is 9.11. The SMILES string of the molecule is CC1CN(S(=O)(=O)N(C)CCC(=O)O)CC(C)S1. The lowest BCUT2D eigenvalue weighted by Gasteiger charge is -2.35. The van der Waals surface area contributed by atoms with Gasteiger partial charge < -0.3 is 5.11 Å². The molecule has 18 heavy (non-hydrogen) atoms. The van der Waals surface area contributed by atoms with Crippen molar-refractivity contribution in [3.05, 3.63) is 0 Å². The molecule has 1 aliphatic rings. The van der Waals surface area contributed by atoms with Crippen molar-refractivity contribution in [2.75, 3.05) is 26.7 Å². The Kier molecular flexibility index (Phi) is 5.45. The van der Waals surface area contributed by atoms with Crippen molar-refractivity contribution in [1.82, 2.24) is 8.61 Å². The van der Waals surface area contributed by atoms with Gasteiger partial charge in [-0.1, -0.05) is 13.8 Å². The highest BCUT2D eigenvalue weighted by Gasteiger charge is 2.33. The first kappa shape index (κ1) is 15.7. The number of rotatable bonds is 5. The van der Waals surface area contributed by atoms with Crippen LogP contribution in [0.2, 0.25) is 0 Å². The van der Waals surface area contributed by atoms with Crippen LogP contribution in [0.1, 0.15) is 20.3 Å². The first-order valence-corrected chi connectivity index (χ1v) is 8.16. The van der Waals surface area contributed by atoms with E-state index in [2.05, 4.69) is 0 Å². The Morgan fingerprint density at radius 1 is 1.39 bits per heavy atom. The van der Waals surface area contributed by atoms with Gasteiger partial charge in [0.15, 0.2) is 0 Å². The molecule has 0 spiro atoms. The minimum atomic E-state index is -3.53. The van der Waals surface area contributed by atoms with Crippen LogP contribution in [0.15, 0.2) is 0 Å². The molecule has 0 aromatic heterocycles. The van der Waals surface area contributed by atoms with E-state index in [1.54, 1.807) is 11.8 Å². The maximum atomic E-state index is 12.2. The summed E-state index contributed by atoms with van der Waals surface area (Å²) in [5.74, 6) is -0.993. The molecule has 106 valence electrons. The summed E-state index contributed by atoms with van der Waals surface area (Å²) in [6.45, 7) is 4.97. The molecular weight excluding hydrogens is 276 g/mol. The number of carbonyl (C=O) groups is 1. The predicted octanol–water partition coefficient (Wildman–Crippen LogP) is 0.464. The van der Waals surface area contributed by atoms with E-state index >= 15 is 0 Å². The van der Waals surface area contributed by atoms with Gasteiger partial charge in [-0.15, -0.1) is 0 Å². The lowest BCUT2D eigenvalue weighted by Crippen LogP contribution is -2.49. The van der Waals surface area contributed by atoms with Gasteiger partial charge in [0, 0.05) is 37.2 Å². The standard InChI is InChI=1S/C10H20N2O4S2/c1-8-6-12(7-9(2)17-8)18(15,16)11(3)5-4-10(13)14/h8-9H,4-7H2,1-3H3,(H,13,14). The molecule has 0 bridgehead atoms. The molecule has 0 radical (unpaired) electrons. The Morgan fingerprint density at radius 3 is 2.33 bits per heavy atom. The van der Waals surface area contributed by atoms with E-state index in [1.165, 1.54) is 11.4 Å². The topological polar surface area (TPSA) is 77.9 Å². The van der Waals surface area contributed by atoms with Crippen molar-refractivity contribution >= 4 is 27.9 Å². The molecule has 1 heterocycles. The van der Waals surface area contributed by atoms with Crippen molar-refractivity contribution in [2.24, 2.45) is 0 Å². The Bertz CT molecular complexity index is 389. The molecule has 2 atom stereocenters. The normalized spacial score (nSPS) is 26.4. The quantitative estimate of drug-likeness (QED) is 0.797. The van der Waals surface area contributed by atoms with Gasteiger partial charge in [0.05, 0.1) is 6.42 Å². The summed E-state index contributed by atoms with van der Waals surface area (Å²) in [6, 6.07) is 0. The molecule has 1 saturated heterocycles. The highest BCUT2D eigenvalue weighted by Crippen LogP contribution is 2.27. The van der Waals surface area contributed by atoms with Gasteiger partial charge in [-0.3, -0.25) is 4.79 Å². The summed E-state index contributed by atoms with van der Waals surface area (Å²) < 4.78 is 27.0. The van der Waals surface area contributed by atoms with E-state index in [9.17, 15) is 13.2 Å². The van der Waals surface area contributed by atoms with Gasteiger partial charge in [-0.25, -0.2) is 0 Å². The third kappa shape index (κ3) is 4.11. The van der Waals surface area contributed by atoms with Gasteiger partial charge in [0.25, 0.3) is 10.2 Å². The molecular formula is C10H20N2O4S2. The van der Waals surface area contributed by atoms with Crippen LogP contribution in [-0.2, 0) is 15.0 Å². The van der Waals surface area contributed by atoms with E-state index in [1.807, 2.05) is 13.8 Å². The lowest BCUT2D eigenvalue weighted by molar-refractivity contribution is -0.137. The zero-order chi connectivity index (χ0) is 13.9. The molecule has 2 unspecified atom stereocenters. The van der Waals surface area contributed by atoms with Crippen LogP contribution < -0.4 is 0 Å². The smallest absolute Gasteiger partial charge is 0.304 e. The molecule has 8 heteroatoms. The summed E-state index contributed by atoms with van der Waals surface area (Å²) in [6.07, 6.45) is -0.177. The van der Waals surface area contributed by atoms with Gasteiger partial charge >= 0.3 is 5.97 Å². The fraction of sp³-hybridized carbons (Fsp3) is 0.900. The molecule has 0 saturated carbocycles. The second-order valence-corrected chi connectivity index (χ2v) is 8.46. The number of hydrogen-bond donors (Lipinski definition) is 1. The lowest BCUT2D eigenvalue weighted by atomic mass is 10.4. The monoisotopic (exact) mass is 296 g/mol. The van der Waals surface area contributed by atoms with Crippen molar-refractivity contribution in [3.8, 4) is 0 Å². The molecule has 1 aliphatic heterocycles. The van der Waals surface area contributed by atoms with E-state index in [4.69, 9.17) is 5.11 Å². The molecule has 0 amide bonds. The number of carboxylic acid groups (broad SMARTS) is 1. The van der Waals surface area contributed by atoms with Crippen LogP contribution in [0.3, 0.4) is 0 Å². The zero-order valence-corrected chi connectivity index (χ0v) is 12.5. The zero-order valence-electron chi connectivity index (χ0n) is 10.9. The van der Waals surface area contributed by atoms with Crippen molar-refractivity contribution in [2.45, 2.75) is 30.8 Å². The minimum Gasteiger partial charge on any atom is -0.481 e. The van der Waals surface area contributed by atoms with Crippen LogP contribution in [0.4, 0.5) is 0 Å². The van der Waals surface area contributed by atoms with Crippen molar-refractivity contribution in [1.29, 1.82) is 0 Å². The summed E-state index contributed by atoms with van der Waals surface area (Å²) in [7, 11) is -2.11. The Hall–Kier alpha value is -0.310. The fourth-order valence-corrected chi connectivity index (χ4v) is 4.94. The molecule has 0 aromatic rings. The van der Waals surface area contributed by atoms with Gasteiger partial charge in [0.1, 0.15) is 0 Å². The summed E-state index contributed by atoms with van der Waals surface area (Å²) in [5.41, 5.74) is 0. The van der Waals surface area contributed by atoms with Crippen LogP contribution >= 0.6 is 11.8 Å². The van der Waals surface area contributed by atoms with E-state index < -0.39 is 16.2 Å². The summed E-state index contributed by atoms with van der Waals surface area (Å²) >= 11 is 1.77. The number of nitrogens with zero attached hydrogens (tertiary/aromatic N) is 2. The predicted molar refractivity (Wildman–Crippen MR) is 71.9 cm³/mol. The summed E-state index contributed by atoms with van der Waals surface area (Å²) in [4.78, 5) is 10.5. The van der Waals surface area contributed by atoms with E-state index in [0.29, 0.717) is 13.1 Å². The second kappa shape index (κ2) is 6.23. The van der Waals surface area contributed by atoms with Crippen LogP contribution in [-0.4, -0.2) is 65.3 Å². The van der Waals surface area contributed by atoms with Crippen molar-refractivity contribution in [3.63, 3.8) is 0 Å². The second-order valence-electron chi connectivity index (χ2n) is 4.55. The average molecular weight is 296 g/mol. The Labute approximate surface area is 113 Å². The molecule has 1 N–H and O–H groups in total. The highest BCUT2D eigenvalue weighted by atomic mass is 32.2. The maximum Gasteiger partial charge on any atom is 0.304 e. The first-order chi connectivity index (χ1) is 8.23. The Balaban J connectivity index is 2.69. The maximum absolute atomic E-state index is 12.2. The Morgan fingerprint density at radius 2 is 1.89 bits per heavy atom. The molecule has 6 nitrogen and oxygen atoms in total.